The number of nitrogens with zero attached hydrogens (tertiary/aromatic N) is 5. The van der Waals surface area contributed by atoms with Crippen LogP contribution in [-0.2, 0) is 11.2 Å². The summed E-state index contributed by atoms with van der Waals surface area (Å²) in [6, 6.07) is 6.32. The fourth-order valence-corrected chi connectivity index (χ4v) is 2.51. The third-order valence-corrected chi connectivity index (χ3v) is 4.01. The predicted molar refractivity (Wildman–Crippen MR) is 92.7 cm³/mol. The molecule has 2 heterocycles. The van der Waals surface area contributed by atoms with Gasteiger partial charge in [-0.25, -0.2) is 19.3 Å². The first-order chi connectivity index (χ1) is 12.0. The Morgan fingerprint density at radius 3 is 2.68 bits per heavy atom. The number of hydrogen-bond acceptors (Lipinski definition) is 5. The van der Waals surface area contributed by atoms with E-state index < -0.39 is 0 Å². The van der Waals surface area contributed by atoms with Crippen LogP contribution in [0.1, 0.15) is 5.56 Å². The number of imidazole rings is 1. The molecule has 130 valence electrons. The third-order valence-electron chi connectivity index (χ3n) is 4.01. The molecule has 0 unspecified atom stereocenters. The van der Waals surface area contributed by atoms with Gasteiger partial charge in [-0.2, -0.15) is 0 Å². The second kappa shape index (κ2) is 7.25. The number of anilines is 1. The van der Waals surface area contributed by atoms with E-state index in [1.165, 1.54) is 18.5 Å². The van der Waals surface area contributed by atoms with Gasteiger partial charge >= 0.3 is 0 Å². The Labute approximate surface area is 144 Å². The highest BCUT2D eigenvalue weighted by atomic mass is 19.1. The molecule has 1 aromatic carbocycles. The molecule has 7 nitrogen and oxygen atoms in total. The molecule has 3 rings (SSSR count). The van der Waals surface area contributed by atoms with Gasteiger partial charge in [-0.3, -0.25) is 4.79 Å². The van der Waals surface area contributed by atoms with Crippen LogP contribution in [0, 0.1) is 5.82 Å². The Bertz CT molecular complexity index is 863. The zero-order valence-electron chi connectivity index (χ0n) is 14.1. The average molecular weight is 342 g/mol. The van der Waals surface area contributed by atoms with Crippen molar-refractivity contribution in [2.24, 2.45) is 0 Å². The quantitative estimate of drug-likeness (QED) is 0.737. The first kappa shape index (κ1) is 16.8. The zero-order valence-corrected chi connectivity index (χ0v) is 14.1. The molecule has 3 aromatic rings. The number of aromatic amines is 1. The molecule has 0 saturated carbocycles. The molecule has 1 N–H and O–H groups in total. The van der Waals surface area contributed by atoms with E-state index in [-0.39, 0.29) is 18.3 Å². The summed E-state index contributed by atoms with van der Waals surface area (Å²) < 4.78 is 12.9. The maximum atomic E-state index is 12.9. The highest BCUT2D eigenvalue weighted by Crippen LogP contribution is 2.18. The molecule has 0 aliphatic heterocycles. The number of fused-ring (bicyclic) bond motifs is 1. The molecule has 0 saturated heterocycles. The van der Waals surface area contributed by atoms with Gasteiger partial charge in [0.2, 0.25) is 5.91 Å². The number of aromatic nitrogens is 4. The highest BCUT2D eigenvalue weighted by Gasteiger charge is 2.16. The number of hydrogen-bond donors (Lipinski definition) is 1. The summed E-state index contributed by atoms with van der Waals surface area (Å²) in [4.78, 5) is 31.2. The number of H-pyrrole nitrogens is 1. The summed E-state index contributed by atoms with van der Waals surface area (Å²) in [5.74, 6) is 0.337. The molecule has 0 fully saturated rings. The minimum Gasteiger partial charge on any atom is -0.348 e. The van der Waals surface area contributed by atoms with Crippen molar-refractivity contribution in [3.8, 4) is 0 Å². The largest absolute Gasteiger partial charge is 0.348 e. The predicted octanol–water partition coefficient (Wildman–Crippen LogP) is 1.63. The van der Waals surface area contributed by atoms with Gasteiger partial charge in [-0.05, 0) is 24.1 Å². The van der Waals surface area contributed by atoms with Crippen LogP contribution in [0.3, 0.4) is 0 Å². The van der Waals surface area contributed by atoms with Gasteiger partial charge in [0.1, 0.15) is 17.7 Å². The van der Waals surface area contributed by atoms with Gasteiger partial charge in [0.25, 0.3) is 0 Å². The Balaban J connectivity index is 1.59. The zero-order chi connectivity index (χ0) is 17.8. The minimum absolute atomic E-state index is 0.0316. The molecular formula is C17H19FN6O. The number of amides is 1. The van der Waals surface area contributed by atoms with Crippen LogP contribution in [0.2, 0.25) is 0 Å². The van der Waals surface area contributed by atoms with Crippen molar-refractivity contribution in [3.05, 3.63) is 48.3 Å². The minimum atomic E-state index is -0.259. The average Bonchev–Trinajstić information content (AvgIpc) is 3.09. The van der Waals surface area contributed by atoms with Crippen molar-refractivity contribution in [3.63, 3.8) is 0 Å². The third kappa shape index (κ3) is 3.90. The SMILES string of the molecule is CN(CCc1ccc(F)cc1)C(=O)CN(C)c1ncnc2nc[nH]c12. The molecule has 1 amide bonds. The van der Waals surface area contributed by atoms with E-state index in [0.29, 0.717) is 29.9 Å². The van der Waals surface area contributed by atoms with Crippen LogP contribution < -0.4 is 4.90 Å². The number of halogens is 1. The summed E-state index contributed by atoms with van der Waals surface area (Å²) >= 11 is 0. The number of rotatable bonds is 6. The summed E-state index contributed by atoms with van der Waals surface area (Å²) in [6.45, 7) is 0.743. The molecule has 0 aliphatic carbocycles. The van der Waals surface area contributed by atoms with Crippen molar-refractivity contribution in [1.29, 1.82) is 0 Å². The van der Waals surface area contributed by atoms with Crippen molar-refractivity contribution in [2.75, 3.05) is 32.1 Å². The Morgan fingerprint density at radius 1 is 1.16 bits per heavy atom. The molecule has 8 heteroatoms. The lowest BCUT2D eigenvalue weighted by Gasteiger charge is -2.22. The number of nitrogens with one attached hydrogen (secondary N) is 1. The van der Waals surface area contributed by atoms with Crippen molar-refractivity contribution in [1.82, 2.24) is 24.8 Å². The van der Waals surface area contributed by atoms with Crippen LogP contribution in [0.5, 0.6) is 0 Å². The lowest BCUT2D eigenvalue weighted by Crippen LogP contribution is -2.38. The molecule has 2 aromatic heterocycles. The Kier molecular flexibility index (Phi) is 4.87. The molecule has 0 spiro atoms. The standard InChI is InChI=1S/C17H19FN6O/c1-23(8-7-12-3-5-13(18)6-4-12)14(25)9-24(2)17-15-16(20-10-19-15)21-11-22-17/h3-6,10-11H,7-9H2,1-2H3,(H,19,20,21,22). The van der Waals surface area contributed by atoms with E-state index in [2.05, 4.69) is 19.9 Å². The smallest absolute Gasteiger partial charge is 0.241 e. The van der Waals surface area contributed by atoms with Crippen LogP contribution in [0.15, 0.2) is 36.9 Å². The number of benzene rings is 1. The molecule has 0 atom stereocenters. The number of carbonyl (C=O) groups is 1. The highest BCUT2D eigenvalue weighted by molar-refractivity contribution is 5.86. The summed E-state index contributed by atoms with van der Waals surface area (Å²) in [6.07, 6.45) is 3.65. The van der Waals surface area contributed by atoms with Gasteiger partial charge in [0.15, 0.2) is 11.5 Å². The van der Waals surface area contributed by atoms with Crippen molar-refractivity contribution < 1.29 is 9.18 Å². The fourth-order valence-electron chi connectivity index (χ4n) is 2.51. The van der Waals surface area contributed by atoms with Gasteiger partial charge in [-0.15, -0.1) is 0 Å². The molecule has 25 heavy (non-hydrogen) atoms. The second-order valence-corrected chi connectivity index (χ2v) is 5.85. The van der Waals surface area contributed by atoms with E-state index in [9.17, 15) is 9.18 Å². The Morgan fingerprint density at radius 2 is 1.92 bits per heavy atom. The normalized spacial score (nSPS) is 10.8. The van der Waals surface area contributed by atoms with Crippen molar-refractivity contribution in [2.45, 2.75) is 6.42 Å². The van der Waals surface area contributed by atoms with Crippen LogP contribution in [0.4, 0.5) is 10.2 Å². The molecule has 0 aliphatic rings. The first-order valence-electron chi connectivity index (χ1n) is 7.88. The summed E-state index contributed by atoms with van der Waals surface area (Å²) in [7, 11) is 3.56. The second-order valence-electron chi connectivity index (χ2n) is 5.85. The van der Waals surface area contributed by atoms with E-state index >= 15 is 0 Å². The Hall–Kier alpha value is -3.03. The molecular weight excluding hydrogens is 323 g/mol. The van der Waals surface area contributed by atoms with Gasteiger partial charge in [-0.1, -0.05) is 12.1 Å². The number of likely N-dealkylation sites (N-methyl/N-ethyl adjacent to an activating group) is 2. The lowest BCUT2D eigenvalue weighted by molar-refractivity contribution is -0.128. The maximum absolute atomic E-state index is 12.9. The lowest BCUT2D eigenvalue weighted by atomic mass is 10.1. The van der Waals surface area contributed by atoms with E-state index in [1.54, 1.807) is 42.4 Å². The van der Waals surface area contributed by atoms with Gasteiger partial charge in [0.05, 0.1) is 12.9 Å². The van der Waals surface area contributed by atoms with E-state index in [0.717, 1.165) is 5.56 Å². The summed E-state index contributed by atoms with van der Waals surface area (Å²) in [5.41, 5.74) is 2.25. The molecule has 0 bridgehead atoms. The van der Waals surface area contributed by atoms with Crippen LogP contribution in [-0.4, -0.2) is 57.9 Å². The first-order valence-corrected chi connectivity index (χ1v) is 7.88. The number of carbonyl (C=O) groups excluding carboxylic acids is 1. The van der Waals surface area contributed by atoms with Crippen molar-refractivity contribution >= 4 is 22.9 Å². The summed E-state index contributed by atoms with van der Waals surface area (Å²) in [5, 5.41) is 0. The van der Waals surface area contributed by atoms with Gasteiger partial charge < -0.3 is 14.8 Å². The topological polar surface area (TPSA) is 78.0 Å². The molecule has 0 radical (unpaired) electrons. The van der Waals surface area contributed by atoms with Crippen LogP contribution >= 0.6 is 0 Å². The van der Waals surface area contributed by atoms with E-state index in [4.69, 9.17) is 0 Å². The van der Waals surface area contributed by atoms with E-state index in [1.807, 2.05) is 0 Å². The van der Waals surface area contributed by atoms with Gasteiger partial charge in [0, 0.05) is 20.6 Å². The van der Waals surface area contributed by atoms with Crippen LogP contribution in [0.25, 0.3) is 11.2 Å². The maximum Gasteiger partial charge on any atom is 0.241 e. The monoisotopic (exact) mass is 342 g/mol. The fraction of sp³-hybridized carbons (Fsp3) is 0.294.